The second-order valence-electron chi connectivity index (χ2n) is 3.65. The van der Waals surface area contributed by atoms with Gasteiger partial charge in [0.25, 0.3) is 0 Å². The molecular formula is C12H12ClFN2O. The Bertz CT molecular complexity index is 560. The van der Waals surface area contributed by atoms with Crippen molar-refractivity contribution in [1.29, 1.82) is 0 Å². The first-order chi connectivity index (χ1) is 8.15. The highest BCUT2D eigenvalue weighted by Crippen LogP contribution is 2.29. The van der Waals surface area contributed by atoms with Crippen LogP contribution in [-0.4, -0.2) is 18.6 Å². The van der Waals surface area contributed by atoms with E-state index in [1.165, 1.54) is 19.2 Å². The highest BCUT2D eigenvalue weighted by molar-refractivity contribution is 6.30. The van der Waals surface area contributed by atoms with Gasteiger partial charge in [0.15, 0.2) is 0 Å². The molecule has 3 nitrogen and oxygen atoms in total. The number of nitrogens with two attached hydrogens (primary N) is 1. The quantitative estimate of drug-likeness (QED) is 0.857. The number of fused-ring (bicyclic) bond motifs is 1. The second kappa shape index (κ2) is 4.85. The first kappa shape index (κ1) is 12.1. The maximum absolute atomic E-state index is 13.3. The van der Waals surface area contributed by atoms with Gasteiger partial charge in [-0.3, -0.25) is 0 Å². The molecule has 1 aromatic carbocycles. The fourth-order valence-corrected chi connectivity index (χ4v) is 1.97. The zero-order valence-electron chi connectivity index (χ0n) is 9.34. The highest BCUT2D eigenvalue weighted by atomic mass is 35.5. The van der Waals surface area contributed by atoms with Gasteiger partial charge < -0.3 is 10.5 Å². The minimum atomic E-state index is -0.399. The van der Waals surface area contributed by atoms with Crippen LogP contribution in [0.25, 0.3) is 10.9 Å². The normalized spacial score (nSPS) is 10.8. The Morgan fingerprint density at radius 2 is 2.18 bits per heavy atom. The number of pyridine rings is 1. The van der Waals surface area contributed by atoms with Crippen molar-refractivity contribution in [2.24, 2.45) is 5.73 Å². The van der Waals surface area contributed by atoms with Gasteiger partial charge in [0.2, 0.25) is 0 Å². The zero-order chi connectivity index (χ0) is 12.4. The summed E-state index contributed by atoms with van der Waals surface area (Å²) in [6.45, 7) is 0.483. The van der Waals surface area contributed by atoms with Gasteiger partial charge in [-0.2, -0.15) is 0 Å². The molecule has 5 heteroatoms. The smallest absolute Gasteiger partial charge is 0.133 e. The van der Waals surface area contributed by atoms with Gasteiger partial charge in [-0.1, -0.05) is 11.6 Å². The number of hydrogen-bond donors (Lipinski definition) is 1. The number of rotatable bonds is 3. The Morgan fingerprint density at radius 1 is 1.41 bits per heavy atom. The summed E-state index contributed by atoms with van der Waals surface area (Å²) in [5.41, 5.74) is 6.81. The summed E-state index contributed by atoms with van der Waals surface area (Å²) in [6.07, 6.45) is 0.627. The van der Waals surface area contributed by atoms with E-state index in [4.69, 9.17) is 22.1 Å². The molecule has 2 rings (SSSR count). The number of ether oxygens (including phenoxy) is 1. The van der Waals surface area contributed by atoms with Crippen molar-refractivity contribution < 1.29 is 9.13 Å². The molecule has 0 fully saturated rings. The number of hydrogen-bond acceptors (Lipinski definition) is 3. The Kier molecular flexibility index (Phi) is 3.45. The lowest BCUT2D eigenvalue weighted by atomic mass is 10.1. The van der Waals surface area contributed by atoms with E-state index in [1.54, 1.807) is 0 Å². The molecule has 2 N–H and O–H groups in total. The molecule has 2 aromatic rings. The summed E-state index contributed by atoms with van der Waals surface area (Å²) >= 11 is 6.00. The van der Waals surface area contributed by atoms with Gasteiger partial charge in [-0.05, 0) is 24.6 Å². The standard InChI is InChI=1S/C12H12ClFN2O/c1-17-11-6-8(14)5-10-9(11)4-7(2-3-15)12(13)16-10/h4-6H,2-3,15H2,1H3. The van der Waals surface area contributed by atoms with Gasteiger partial charge in [0.1, 0.15) is 16.7 Å². The molecule has 17 heavy (non-hydrogen) atoms. The predicted octanol–water partition coefficient (Wildman–Crippen LogP) is 2.54. The van der Waals surface area contributed by atoms with E-state index in [2.05, 4.69) is 4.98 Å². The van der Waals surface area contributed by atoms with E-state index >= 15 is 0 Å². The summed E-state index contributed by atoms with van der Waals surface area (Å²) in [6, 6.07) is 4.50. The third-order valence-electron chi connectivity index (χ3n) is 2.52. The van der Waals surface area contributed by atoms with Crippen LogP contribution in [0.3, 0.4) is 0 Å². The van der Waals surface area contributed by atoms with Gasteiger partial charge in [-0.15, -0.1) is 0 Å². The van der Waals surface area contributed by atoms with Crippen molar-refractivity contribution in [3.8, 4) is 5.75 Å². The molecule has 0 spiro atoms. The Labute approximate surface area is 103 Å². The van der Waals surface area contributed by atoms with E-state index in [0.29, 0.717) is 29.4 Å². The first-order valence-electron chi connectivity index (χ1n) is 5.18. The number of aromatic nitrogens is 1. The van der Waals surface area contributed by atoms with Crippen molar-refractivity contribution in [2.75, 3.05) is 13.7 Å². The number of methoxy groups -OCH3 is 1. The number of halogens is 2. The van der Waals surface area contributed by atoms with Crippen LogP contribution in [0.15, 0.2) is 18.2 Å². The summed E-state index contributed by atoms with van der Waals surface area (Å²) < 4.78 is 18.4. The van der Waals surface area contributed by atoms with Crippen molar-refractivity contribution >= 4 is 22.5 Å². The van der Waals surface area contributed by atoms with Crippen molar-refractivity contribution in [1.82, 2.24) is 4.98 Å². The highest BCUT2D eigenvalue weighted by Gasteiger charge is 2.10. The molecule has 0 aliphatic rings. The minimum Gasteiger partial charge on any atom is -0.496 e. The summed E-state index contributed by atoms with van der Waals surface area (Å²) in [5, 5.41) is 1.09. The fraction of sp³-hybridized carbons (Fsp3) is 0.250. The Morgan fingerprint density at radius 3 is 2.82 bits per heavy atom. The van der Waals surface area contributed by atoms with E-state index in [0.717, 1.165) is 10.9 Å². The van der Waals surface area contributed by atoms with Gasteiger partial charge >= 0.3 is 0 Å². The van der Waals surface area contributed by atoms with Crippen molar-refractivity contribution in [3.05, 3.63) is 34.7 Å². The molecule has 0 aliphatic carbocycles. The minimum absolute atomic E-state index is 0.357. The number of nitrogens with zero attached hydrogens (tertiary/aromatic N) is 1. The molecule has 0 saturated heterocycles. The van der Waals surface area contributed by atoms with E-state index in [9.17, 15) is 4.39 Å². The molecule has 1 aromatic heterocycles. The molecule has 0 amide bonds. The van der Waals surface area contributed by atoms with Crippen LogP contribution in [0.2, 0.25) is 5.15 Å². The molecular weight excluding hydrogens is 243 g/mol. The first-order valence-corrected chi connectivity index (χ1v) is 5.56. The molecule has 0 bridgehead atoms. The maximum Gasteiger partial charge on any atom is 0.133 e. The topological polar surface area (TPSA) is 48.1 Å². The maximum atomic E-state index is 13.3. The molecule has 0 saturated carbocycles. The molecule has 0 aliphatic heterocycles. The van der Waals surface area contributed by atoms with Crippen LogP contribution in [0.5, 0.6) is 5.75 Å². The lowest BCUT2D eigenvalue weighted by Gasteiger charge is -2.08. The molecule has 1 heterocycles. The third kappa shape index (κ3) is 2.33. The average molecular weight is 255 g/mol. The van der Waals surface area contributed by atoms with Crippen molar-refractivity contribution in [3.63, 3.8) is 0 Å². The SMILES string of the molecule is COc1cc(F)cc2nc(Cl)c(CCN)cc12. The van der Waals surface area contributed by atoms with Crippen LogP contribution in [0, 0.1) is 5.82 Å². The predicted molar refractivity (Wildman–Crippen MR) is 66.0 cm³/mol. The monoisotopic (exact) mass is 254 g/mol. The number of benzene rings is 1. The zero-order valence-corrected chi connectivity index (χ0v) is 10.1. The lowest BCUT2D eigenvalue weighted by molar-refractivity contribution is 0.416. The molecule has 0 radical (unpaired) electrons. The fourth-order valence-electron chi connectivity index (χ4n) is 1.73. The van der Waals surface area contributed by atoms with E-state index < -0.39 is 5.82 Å². The van der Waals surface area contributed by atoms with Crippen LogP contribution in [-0.2, 0) is 6.42 Å². The van der Waals surface area contributed by atoms with Gasteiger partial charge in [0, 0.05) is 17.5 Å². The van der Waals surface area contributed by atoms with Crippen LogP contribution >= 0.6 is 11.6 Å². The third-order valence-corrected chi connectivity index (χ3v) is 2.85. The van der Waals surface area contributed by atoms with Crippen molar-refractivity contribution in [2.45, 2.75) is 6.42 Å². The lowest BCUT2D eigenvalue weighted by Crippen LogP contribution is -2.04. The molecule has 0 atom stereocenters. The summed E-state index contributed by atoms with van der Waals surface area (Å²) in [7, 11) is 1.49. The molecule has 0 unspecified atom stereocenters. The van der Waals surface area contributed by atoms with Gasteiger partial charge in [0.05, 0.1) is 12.6 Å². The summed E-state index contributed by atoms with van der Waals surface area (Å²) in [5.74, 6) is 0.0481. The largest absolute Gasteiger partial charge is 0.496 e. The Hall–Kier alpha value is -1.39. The second-order valence-corrected chi connectivity index (χ2v) is 4.01. The van der Waals surface area contributed by atoms with Crippen LogP contribution < -0.4 is 10.5 Å². The van der Waals surface area contributed by atoms with E-state index in [1.807, 2.05) is 6.07 Å². The van der Waals surface area contributed by atoms with E-state index in [-0.39, 0.29) is 0 Å². The van der Waals surface area contributed by atoms with Crippen LogP contribution in [0.4, 0.5) is 4.39 Å². The Balaban J connectivity index is 2.69. The average Bonchev–Trinajstić information content (AvgIpc) is 2.29. The molecule has 90 valence electrons. The van der Waals surface area contributed by atoms with Gasteiger partial charge in [-0.25, -0.2) is 9.37 Å². The van der Waals surface area contributed by atoms with Crippen LogP contribution in [0.1, 0.15) is 5.56 Å². The summed E-state index contributed by atoms with van der Waals surface area (Å²) in [4.78, 5) is 4.15.